The van der Waals surface area contributed by atoms with E-state index in [2.05, 4.69) is 0 Å². The molecule has 0 unspecified atom stereocenters. The van der Waals surface area contributed by atoms with Gasteiger partial charge in [0.2, 0.25) is 0 Å². The van der Waals surface area contributed by atoms with Crippen LogP contribution in [0.25, 0.3) is 0 Å². The van der Waals surface area contributed by atoms with Crippen molar-refractivity contribution in [3.8, 4) is 0 Å². The lowest BCUT2D eigenvalue weighted by Crippen LogP contribution is -2.12. The number of allylic oxidation sites excluding steroid dienone is 2. The molecule has 8 heavy (non-hydrogen) atoms. The molecule has 0 fully saturated rings. The molecular formula is C7H13F. The van der Waals surface area contributed by atoms with E-state index in [0.29, 0.717) is 0 Å². The van der Waals surface area contributed by atoms with Gasteiger partial charge in [0.25, 0.3) is 0 Å². The van der Waals surface area contributed by atoms with E-state index in [-0.39, 0.29) is 0 Å². The molecule has 0 aliphatic carbocycles. The molecule has 0 aromatic rings. The lowest BCUT2D eigenvalue weighted by Gasteiger charge is -2.13. The summed E-state index contributed by atoms with van der Waals surface area (Å²) in [5, 5.41) is 0. The number of halogens is 1. The fraction of sp³-hybridized carbons (Fsp3) is 0.714. The Balaban J connectivity index is 4.03. The molecule has 0 aromatic carbocycles. The zero-order chi connectivity index (χ0) is 6.78. The van der Waals surface area contributed by atoms with Crippen molar-refractivity contribution >= 4 is 0 Å². The first-order chi connectivity index (χ1) is 3.48. The summed E-state index contributed by atoms with van der Waals surface area (Å²) in [5.41, 5.74) is -0.341. The van der Waals surface area contributed by atoms with Crippen LogP contribution in [0.15, 0.2) is 11.6 Å². The van der Waals surface area contributed by atoms with Gasteiger partial charge in [0.1, 0.15) is 5.67 Å². The summed E-state index contributed by atoms with van der Waals surface area (Å²) < 4.78 is 12.7. The van der Waals surface area contributed by atoms with E-state index in [1.165, 1.54) is 0 Å². The van der Waals surface area contributed by atoms with Gasteiger partial charge in [0.15, 0.2) is 0 Å². The molecule has 48 valence electrons. The Morgan fingerprint density at radius 1 is 1.50 bits per heavy atom. The summed E-state index contributed by atoms with van der Waals surface area (Å²) in [4.78, 5) is 0. The number of alkyl halides is 1. The molecule has 0 amide bonds. The summed E-state index contributed by atoms with van der Waals surface area (Å²) in [6.45, 7) is 6.75. The number of hydrogen-bond donors (Lipinski definition) is 0. The first kappa shape index (κ1) is 7.67. The van der Waals surface area contributed by atoms with Gasteiger partial charge in [-0.3, -0.25) is 0 Å². The van der Waals surface area contributed by atoms with E-state index in [1.807, 2.05) is 6.92 Å². The summed E-state index contributed by atoms with van der Waals surface area (Å²) in [5.74, 6) is 0. The van der Waals surface area contributed by atoms with Crippen molar-refractivity contribution in [1.82, 2.24) is 0 Å². The third-order valence-corrected chi connectivity index (χ3v) is 1.37. The molecule has 1 heteroatoms. The van der Waals surface area contributed by atoms with Crippen LogP contribution in [0.4, 0.5) is 4.39 Å². The average Bonchev–Trinajstić information content (AvgIpc) is 1.62. The molecular weight excluding hydrogens is 103 g/mol. The van der Waals surface area contributed by atoms with Crippen molar-refractivity contribution in [2.75, 3.05) is 0 Å². The minimum absolute atomic E-state index is 0.789. The summed E-state index contributed by atoms with van der Waals surface area (Å²) in [7, 11) is 0. The van der Waals surface area contributed by atoms with Gasteiger partial charge in [-0.05, 0) is 33.3 Å². The number of rotatable bonds is 1. The van der Waals surface area contributed by atoms with Crippen molar-refractivity contribution in [1.29, 1.82) is 0 Å². The fourth-order valence-electron chi connectivity index (χ4n) is 0.343. The molecule has 0 bridgehead atoms. The summed E-state index contributed by atoms with van der Waals surface area (Å²) in [6, 6.07) is 0. The van der Waals surface area contributed by atoms with Gasteiger partial charge < -0.3 is 0 Å². The van der Waals surface area contributed by atoms with E-state index >= 15 is 0 Å². The zero-order valence-electron chi connectivity index (χ0n) is 5.96. The SMILES string of the molecule is C/C=C(\C)C(C)(C)F. The lowest BCUT2D eigenvalue weighted by atomic mass is 10.0. The molecule has 0 aliphatic heterocycles. The van der Waals surface area contributed by atoms with Crippen LogP contribution in [0, 0.1) is 0 Å². The molecule has 0 heterocycles. The summed E-state index contributed by atoms with van der Waals surface area (Å²) in [6.07, 6.45) is 1.79. The second kappa shape index (κ2) is 2.29. The maximum atomic E-state index is 12.7. The van der Waals surface area contributed by atoms with Crippen LogP contribution >= 0.6 is 0 Å². The van der Waals surface area contributed by atoms with Gasteiger partial charge in [0.05, 0.1) is 0 Å². The van der Waals surface area contributed by atoms with Crippen LogP contribution in [-0.2, 0) is 0 Å². The molecule has 0 rings (SSSR count). The highest BCUT2D eigenvalue weighted by Gasteiger charge is 2.15. The van der Waals surface area contributed by atoms with Gasteiger partial charge in [-0.2, -0.15) is 0 Å². The second-order valence-corrected chi connectivity index (χ2v) is 2.44. The van der Waals surface area contributed by atoms with Crippen molar-refractivity contribution in [3.05, 3.63) is 11.6 Å². The minimum atomic E-state index is -1.13. The van der Waals surface area contributed by atoms with Gasteiger partial charge in [-0.15, -0.1) is 0 Å². The van der Waals surface area contributed by atoms with Crippen molar-refractivity contribution in [3.63, 3.8) is 0 Å². The molecule has 0 nitrogen and oxygen atoms in total. The largest absolute Gasteiger partial charge is 0.240 e. The van der Waals surface area contributed by atoms with E-state index < -0.39 is 5.67 Å². The molecule has 0 aromatic heterocycles. The smallest absolute Gasteiger partial charge is 0.126 e. The topological polar surface area (TPSA) is 0 Å². The molecule has 0 atom stereocenters. The third kappa shape index (κ3) is 2.10. The average molecular weight is 116 g/mol. The van der Waals surface area contributed by atoms with Gasteiger partial charge in [-0.1, -0.05) is 6.08 Å². The van der Waals surface area contributed by atoms with Crippen LogP contribution in [0.1, 0.15) is 27.7 Å². The summed E-state index contributed by atoms with van der Waals surface area (Å²) >= 11 is 0. The Labute approximate surface area is 50.4 Å². The quantitative estimate of drug-likeness (QED) is 0.462. The number of hydrogen-bond acceptors (Lipinski definition) is 0. The zero-order valence-corrected chi connectivity index (χ0v) is 5.96. The Morgan fingerprint density at radius 2 is 1.88 bits per heavy atom. The van der Waals surface area contributed by atoms with Crippen LogP contribution in [0.2, 0.25) is 0 Å². The lowest BCUT2D eigenvalue weighted by molar-refractivity contribution is 0.268. The Hall–Kier alpha value is -0.330. The molecule has 0 N–H and O–H groups in total. The van der Waals surface area contributed by atoms with Crippen molar-refractivity contribution in [2.24, 2.45) is 0 Å². The van der Waals surface area contributed by atoms with Gasteiger partial charge in [0, 0.05) is 0 Å². The van der Waals surface area contributed by atoms with E-state index in [0.717, 1.165) is 5.57 Å². The monoisotopic (exact) mass is 116 g/mol. The highest BCUT2D eigenvalue weighted by atomic mass is 19.1. The third-order valence-electron chi connectivity index (χ3n) is 1.37. The standard InChI is InChI=1S/C7H13F/c1-5-6(2)7(3,4)8/h5H,1-4H3/b6-5+. The Morgan fingerprint density at radius 3 is 1.88 bits per heavy atom. The fourth-order valence-corrected chi connectivity index (χ4v) is 0.343. The molecule has 0 aliphatic rings. The van der Waals surface area contributed by atoms with E-state index in [4.69, 9.17) is 0 Å². The maximum Gasteiger partial charge on any atom is 0.126 e. The van der Waals surface area contributed by atoms with Crippen LogP contribution in [-0.4, -0.2) is 5.67 Å². The highest BCUT2D eigenvalue weighted by Crippen LogP contribution is 2.18. The van der Waals surface area contributed by atoms with E-state index in [9.17, 15) is 4.39 Å². The van der Waals surface area contributed by atoms with Crippen LogP contribution in [0.5, 0.6) is 0 Å². The van der Waals surface area contributed by atoms with Crippen LogP contribution < -0.4 is 0 Å². The van der Waals surface area contributed by atoms with Gasteiger partial charge >= 0.3 is 0 Å². The van der Waals surface area contributed by atoms with Gasteiger partial charge in [-0.25, -0.2) is 4.39 Å². The normalized spacial score (nSPS) is 14.4. The van der Waals surface area contributed by atoms with Crippen LogP contribution in [0.3, 0.4) is 0 Å². The maximum absolute atomic E-state index is 12.7. The molecule has 0 radical (unpaired) electrons. The Bertz CT molecular complexity index is 95.4. The predicted octanol–water partition coefficient (Wildman–Crippen LogP) is 2.70. The predicted molar refractivity (Wildman–Crippen MR) is 34.6 cm³/mol. The molecule has 0 spiro atoms. The first-order valence-corrected chi connectivity index (χ1v) is 2.81. The van der Waals surface area contributed by atoms with Crippen molar-refractivity contribution < 1.29 is 4.39 Å². The highest BCUT2D eigenvalue weighted by molar-refractivity contribution is 5.08. The first-order valence-electron chi connectivity index (χ1n) is 2.81. The Kier molecular flexibility index (Phi) is 2.20. The molecule has 0 saturated carbocycles. The second-order valence-electron chi connectivity index (χ2n) is 2.44. The van der Waals surface area contributed by atoms with Crippen molar-refractivity contribution in [2.45, 2.75) is 33.4 Å². The van der Waals surface area contributed by atoms with E-state index in [1.54, 1.807) is 26.8 Å². The molecule has 0 saturated heterocycles. The minimum Gasteiger partial charge on any atom is -0.240 e.